The highest BCUT2D eigenvalue weighted by molar-refractivity contribution is 7.10. The number of ether oxygens (including phenoxy) is 3. The van der Waals surface area contributed by atoms with Gasteiger partial charge in [-0.2, -0.15) is 0 Å². The topological polar surface area (TPSA) is 68.3 Å². The predicted octanol–water partition coefficient (Wildman–Crippen LogP) is 4.82. The fourth-order valence-electron chi connectivity index (χ4n) is 4.39. The molecule has 2 amide bonds. The SMILES string of the molecule is COc1cccc(OC[C@@H]2c3ccsc3CCN2C(=O)CN(C(=O)c2cccc(OC)c2)C(C)C)c1. The van der Waals surface area contributed by atoms with Gasteiger partial charge < -0.3 is 24.0 Å². The number of amides is 2. The Balaban J connectivity index is 1.53. The molecule has 1 atom stereocenters. The first-order valence-electron chi connectivity index (χ1n) is 12.0. The van der Waals surface area contributed by atoms with Crippen molar-refractivity contribution in [3.8, 4) is 17.2 Å². The van der Waals surface area contributed by atoms with E-state index in [4.69, 9.17) is 14.2 Å². The molecule has 1 aliphatic heterocycles. The highest BCUT2D eigenvalue weighted by Gasteiger charge is 2.34. The standard InChI is InChI=1S/C28H32N2O5S/c1-19(2)30(28(32)20-7-5-8-21(15-20)33-3)17-27(31)29-13-11-26-24(12-14-36-26)25(29)18-35-23-10-6-9-22(16-23)34-4/h5-10,12,14-16,19,25H,11,13,17-18H2,1-4H3/t25-/m1/s1. The van der Waals surface area contributed by atoms with Crippen molar-refractivity contribution in [3.05, 3.63) is 76.0 Å². The van der Waals surface area contributed by atoms with Crippen LogP contribution in [0.4, 0.5) is 0 Å². The lowest BCUT2D eigenvalue weighted by Gasteiger charge is -2.37. The van der Waals surface area contributed by atoms with Crippen molar-refractivity contribution in [2.75, 3.05) is 33.9 Å². The molecule has 3 aromatic rings. The third-order valence-electron chi connectivity index (χ3n) is 6.37. The molecule has 0 radical (unpaired) electrons. The molecule has 8 heteroatoms. The van der Waals surface area contributed by atoms with Gasteiger partial charge in [-0.3, -0.25) is 9.59 Å². The van der Waals surface area contributed by atoms with Crippen LogP contribution < -0.4 is 14.2 Å². The molecule has 0 spiro atoms. The van der Waals surface area contributed by atoms with Crippen LogP contribution in [0.15, 0.2) is 60.0 Å². The number of nitrogens with zero attached hydrogens (tertiary/aromatic N) is 2. The van der Waals surface area contributed by atoms with Gasteiger partial charge in [0.2, 0.25) is 5.91 Å². The molecule has 1 aliphatic rings. The maximum absolute atomic E-state index is 13.7. The van der Waals surface area contributed by atoms with Crippen molar-refractivity contribution < 1.29 is 23.8 Å². The summed E-state index contributed by atoms with van der Waals surface area (Å²) in [7, 11) is 3.18. The molecule has 7 nitrogen and oxygen atoms in total. The Morgan fingerprint density at radius 2 is 1.72 bits per heavy atom. The molecule has 2 aromatic carbocycles. The molecule has 0 fully saturated rings. The van der Waals surface area contributed by atoms with Crippen molar-refractivity contribution in [2.24, 2.45) is 0 Å². The first-order valence-corrected chi connectivity index (χ1v) is 12.9. The smallest absolute Gasteiger partial charge is 0.254 e. The molecular formula is C28H32N2O5S. The van der Waals surface area contributed by atoms with Crippen molar-refractivity contribution >= 4 is 23.2 Å². The fourth-order valence-corrected chi connectivity index (χ4v) is 5.32. The Kier molecular flexibility index (Phi) is 8.15. The molecule has 0 saturated heterocycles. The second-order valence-electron chi connectivity index (χ2n) is 8.90. The van der Waals surface area contributed by atoms with Gasteiger partial charge in [0.05, 0.1) is 20.3 Å². The van der Waals surface area contributed by atoms with Gasteiger partial charge >= 0.3 is 0 Å². The quantitative estimate of drug-likeness (QED) is 0.415. The zero-order valence-electron chi connectivity index (χ0n) is 21.1. The number of carbonyl (C=O) groups excluding carboxylic acids is 2. The van der Waals surface area contributed by atoms with Crippen LogP contribution in [0.25, 0.3) is 0 Å². The number of carbonyl (C=O) groups is 2. The largest absolute Gasteiger partial charge is 0.497 e. The van der Waals surface area contributed by atoms with Crippen LogP contribution in [0, 0.1) is 0 Å². The van der Waals surface area contributed by atoms with E-state index in [-0.39, 0.29) is 30.4 Å². The van der Waals surface area contributed by atoms with Crippen molar-refractivity contribution in [1.82, 2.24) is 9.80 Å². The maximum atomic E-state index is 13.7. The molecule has 1 aromatic heterocycles. The molecule has 0 N–H and O–H groups in total. The molecular weight excluding hydrogens is 476 g/mol. The van der Waals surface area contributed by atoms with Crippen LogP contribution in [0.5, 0.6) is 17.2 Å². The van der Waals surface area contributed by atoms with Crippen LogP contribution >= 0.6 is 11.3 Å². The summed E-state index contributed by atoms with van der Waals surface area (Å²) in [6.07, 6.45) is 0.792. The van der Waals surface area contributed by atoms with E-state index in [0.29, 0.717) is 36.0 Å². The third kappa shape index (κ3) is 5.65. The summed E-state index contributed by atoms with van der Waals surface area (Å²) < 4.78 is 16.7. The molecule has 2 heterocycles. The highest BCUT2D eigenvalue weighted by Crippen LogP contribution is 2.34. The number of methoxy groups -OCH3 is 2. The monoisotopic (exact) mass is 508 g/mol. The minimum Gasteiger partial charge on any atom is -0.497 e. The first kappa shape index (κ1) is 25.6. The number of rotatable bonds is 9. The van der Waals surface area contributed by atoms with Crippen molar-refractivity contribution in [2.45, 2.75) is 32.4 Å². The molecule has 0 bridgehead atoms. The van der Waals surface area contributed by atoms with E-state index in [1.165, 1.54) is 4.88 Å². The average molecular weight is 509 g/mol. The van der Waals surface area contributed by atoms with Gasteiger partial charge in [-0.1, -0.05) is 12.1 Å². The first-order chi connectivity index (χ1) is 17.4. The Morgan fingerprint density at radius 1 is 1.03 bits per heavy atom. The summed E-state index contributed by atoms with van der Waals surface area (Å²) in [4.78, 5) is 31.7. The van der Waals surface area contributed by atoms with Crippen molar-refractivity contribution in [1.29, 1.82) is 0 Å². The molecule has 36 heavy (non-hydrogen) atoms. The lowest BCUT2D eigenvalue weighted by molar-refractivity contribution is -0.136. The lowest BCUT2D eigenvalue weighted by Crippen LogP contribution is -2.49. The minimum absolute atomic E-state index is 0.0111. The van der Waals surface area contributed by atoms with E-state index in [9.17, 15) is 9.59 Å². The zero-order chi connectivity index (χ0) is 25.7. The molecule has 0 aliphatic carbocycles. The van der Waals surface area contributed by atoms with Crippen LogP contribution in [-0.2, 0) is 11.2 Å². The number of benzene rings is 2. The van der Waals surface area contributed by atoms with Gasteiger partial charge in [-0.25, -0.2) is 0 Å². The highest BCUT2D eigenvalue weighted by atomic mass is 32.1. The molecule has 190 valence electrons. The van der Waals surface area contributed by atoms with E-state index in [1.54, 1.807) is 54.7 Å². The fraction of sp³-hybridized carbons (Fsp3) is 0.357. The van der Waals surface area contributed by atoms with Gasteiger partial charge in [0.25, 0.3) is 5.91 Å². The summed E-state index contributed by atoms with van der Waals surface area (Å²) in [5.41, 5.74) is 1.60. The average Bonchev–Trinajstić information content (AvgIpc) is 3.39. The van der Waals surface area contributed by atoms with E-state index in [0.717, 1.165) is 12.0 Å². The summed E-state index contributed by atoms with van der Waals surface area (Å²) in [6, 6.07) is 16.1. The Hall–Kier alpha value is -3.52. The van der Waals surface area contributed by atoms with Crippen LogP contribution in [-0.4, -0.2) is 61.6 Å². The van der Waals surface area contributed by atoms with E-state index >= 15 is 0 Å². The van der Waals surface area contributed by atoms with Gasteiger partial charge in [-0.05, 0) is 67.6 Å². The normalized spacial score (nSPS) is 14.8. The summed E-state index contributed by atoms with van der Waals surface area (Å²) in [5, 5.41) is 2.06. The van der Waals surface area contributed by atoms with E-state index in [1.807, 2.05) is 43.0 Å². The second kappa shape index (κ2) is 11.5. The molecule has 4 rings (SSSR count). The predicted molar refractivity (Wildman–Crippen MR) is 140 cm³/mol. The van der Waals surface area contributed by atoms with Crippen molar-refractivity contribution in [3.63, 3.8) is 0 Å². The maximum Gasteiger partial charge on any atom is 0.254 e. The third-order valence-corrected chi connectivity index (χ3v) is 7.37. The van der Waals surface area contributed by atoms with Gasteiger partial charge in [-0.15, -0.1) is 11.3 Å². The Labute approximate surface area is 216 Å². The molecule has 0 saturated carbocycles. The van der Waals surface area contributed by atoms with E-state index in [2.05, 4.69) is 11.4 Å². The summed E-state index contributed by atoms with van der Waals surface area (Å²) in [6.45, 7) is 4.72. The number of thiophene rings is 1. The van der Waals surface area contributed by atoms with Crippen LogP contribution in [0.2, 0.25) is 0 Å². The minimum atomic E-state index is -0.236. The summed E-state index contributed by atoms with van der Waals surface area (Å²) >= 11 is 1.71. The zero-order valence-corrected chi connectivity index (χ0v) is 21.9. The van der Waals surface area contributed by atoms with Crippen LogP contribution in [0.1, 0.15) is 40.7 Å². The summed E-state index contributed by atoms with van der Waals surface area (Å²) in [5.74, 6) is 1.70. The second-order valence-corrected chi connectivity index (χ2v) is 9.90. The van der Waals surface area contributed by atoms with Crippen LogP contribution in [0.3, 0.4) is 0 Å². The van der Waals surface area contributed by atoms with Gasteiger partial charge in [0.1, 0.15) is 30.4 Å². The van der Waals surface area contributed by atoms with E-state index < -0.39 is 0 Å². The number of hydrogen-bond donors (Lipinski definition) is 0. The van der Waals surface area contributed by atoms with Gasteiger partial charge in [0, 0.05) is 29.1 Å². The Bertz CT molecular complexity index is 1210. The molecule has 0 unspecified atom stereocenters. The number of hydrogen-bond acceptors (Lipinski definition) is 6. The lowest BCUT2D eigenvalue weighted by atomic mass is 10.00. The Morgan fingerprint density at radius 3 is 2.44 bits per heavy atom. The number of fused-ring (bicyclic) bond motifs is 1. The van der Waals surface area contributed by atoms with Gasteiger partial charge in [0.15, 0.2) is 0 Å².